The molecule has 8 heteroatoms. The van der Waals surface area contributed by atoms with Crippen LogP contribution in [0.4, 0.5) is 17.8 Å². The molecule has 22 heavy (non-hydrogen) atoms. The van der Waals surface area contributed by atoms with Crippen molar-refractivity contribution in [1.82, 2.24) is 15.0 Å². The largest absolute Gasteiger partial charge is 0.462 e. The Morgan fingerprint density at radius 2 is 2.18 bits per heavy atom. The maximum absolute atomic E-state index is 11.6. The highest BCUT2D eigenvalue weighted by Crippen LogP contribution is 2.21. The second-order valence-corrected chi connectivity index (χ2v) is 4.32. The number of carbonyl (C=O) groups excluding carboxylic acids is 1. The predicted molar refractivity (Wildman–Crippen MR) is 79.7 cm³/mol. The van der Waals surface area contributed by atoms with Crippen molar-refractivity contribution in [2.75, 3.05) is 17.7 Å². The van der Waals surface area contributed by atoms with Gasteiger partial charge < -0.3 is 14.9 Å². The molecule has 0 aliphatic rings. The molecule has 1 aromatic carbocycles. The Labute approximate surface area is 125 Å². The van der Waals surface area contributed by atoms with Crippen molar-refractivity contribution in [2.45, 2.75) is 6.92 Å². The summed E-state index contributed by atoms with van der Waals surface area (Å²) in [4.78, 5) is 23.9. The van der Waals surface area contributed by atoms with Crippen molar-refractivity contribution in [1.29, 1.82) is 0 Å². The zero-order valence-electron chi connectivity index (χ0n) is 11.7. The third kappa shape index (κ3) is 2.66. The highest BCUT2D eigenvalue weighted by Gasteiger charge is 2.14. The number of esters is 1. The van der Waals surface area contributed by atoms with Crippen LogP contribution in [-0.2, 0) is 4.74 Å². The Morgan fingerprint density at radius 3 is 2.91 bits per heavy atom. The summed E-state index contributed by atoms with van der Waals surface area (Å²) in [7, 11) is 0. The van der Waals surface area contributed by atoms with Gasteiger partial charge in [0.15, 0.2) is 5.58 Å². The van der Waals surface area contributed by atoms with Crippen LogP contribution in [0.25, 0.3) is 11.1 Å². The molecule has 3 aromatic rings. The number of anilines is 3. The van der Waals surface area contributed by atoms with E-state index < -0.39 is 5.97 Å². The van der Waals surface area contributed by atoms with Gasteiger partial charge in [-0.3, -0.25) is 5.32 Å². The van der Waals surface area contributed by atoms with Gasteiger partial charge in [-0.1, -0.05) is 12.1 Å². The number of nitrogen functional groups attached to an aromatic ring is 1. The lowest BCUT2D eigenvalue weighted by atomic mass is 10.3. The van der Waals surface area contributed by atoms with Crippen LogP contribution in [0.3, 0.4) is 0 Å². The van der Waals surface area contributed by atoms with Crippen molar-refractivity contribution < 1.29 is 13.9 Å². The first-order chi connectivity index (χ1) is 10.7. The number of oxazole rings is 1. The molecule has 0 saturated carbocycles. The van der Waals surface area contributed by atoms with E-state index >= 15 is 0 Å². The molecule has 0 saturated heterocycles. The molecule has 0 amide bonds. The summed E-state index contributed by atoms with van der Waals surface area (Å²) in [6.07, 6.45) is 1.30. The average Bonchev–Trinajstić information content (AvgIpc) is 2.89. The van der Waals surface area contributed by atoms with E-state index in [4.69, 9.17) is 14.9 Å². The number of aromatic nitrogens is 3. The van der Waals surface area contributed by atoms with Gasteiger partial charge in [-0.15, -0.1) is 0 Å². The van der Waals surface area contributed by atoms with Crippen molar-refractivity contribution >= 4 is 34.8 Å². The quantitative estimate of drug-likeness (QED) is 0.704. The van der Waals surface area contributed by atoms with Crippen LogP contribution in [0, 0.1) is 0 Å². The molecule has 3 N–H and O–H groups in total. The van der Waals surface area contributed by atoms with Crippen LogP contribution >= 0.6 is 0 Å². The lowest BCUT2D eigenvalue weighted by Crippen LogP contribution is -2.11. The molecule has 0 fully saturated rings. The topological polar surface area (TPSA) is 116 Å². The number of fused-ring (bicyclic) bond motifs is 1. The monoisotopic (exact) mass is 299 g/mol. The van der Waals surface area contributed by atoms with Crippen molar-refractivity contribution in [3.8, 4) is 0 Å². The SMILES string of the molecule is CCOC(=O)c1cnc(Nc2nc3ccccc3o2)nc1N. The second kappa shape index (κ2) is 5.68. The van der Waals surface area contributed by atoms with E-state index in [0.29, 0.717) is 11.1 Å². The van der Waals surface area contributed by atoms with E-state index in [0.717, 1.165) is 0 Å². The van der Waals surface area contributed by atoms with Crippen LogP contribution in [0.1, 0.15) is 17.3 Å². The average molecular weight is 299 g/mol. The van der Waals surface area contributed by atoms with Gasteiger partial charge >= 0.3 is 12.0 Å². The maximum atomic E-state index is 11.6. The van der Waals surface area contributed by atoms with E-state index in [1.165, 1.54) is 6.20 Å². The fraction of sp³-hybridized carbons (Fsp3) is 0.143. The molecule has 0 aliphatic heterocycles. The molecule has 112 valence electrons. The Balaban J connectivity index is 1.83. The zero-order chi connectivity index (χ0) is 15.5. The number of ether oxygens (including phenoxy) is 1. The van der Waals surface area contributed by atoms with Crippen LogP contribution in [0.2, 0.25) is 0 Å². The molecule has 0 aliphatic carbocycles. The van der Waals surface area contributed by atoms with Crippen molar-refractivity contribution in [3.05, 3.63) is 36.0 Å². The fourth-order valence-corrected chi connectivity index (χ4v) is 1.84. The van der Waals surface area contributed by atoms with Gasteiger partial charge in [-0.05, 0) is 19.1 Å². The zero-order valence-corrected chi connectivity index (χ0v) is 11.7. The number of nitrogens with two attached hydrogens (primary N) is 1. The first-order valence-electron chi connectivity index (χ1n) is 6.59. The van der Waals surface area contributed by atoms with E-state index in [9.17, 15) is 4.79 Å². The number of hydrogen-bond donors (Lipinski definition) is 2. The van der Waals surface area contributed by atoms with Crippen LogP contribution in [0.15, 0.2) is 34.9 Å². The lowest BCUT2D eigenvalue weighted by molar-refractivity contribution is 0.0527. The van der Waals surface area contributed by atoms with Gasteiger partial charge in [-0.2, -0.15) is 9.97 Å². The maximum Gasteiger partial charge on any atom is 0.343 e. The Morgan fingerprint density at radius 1 is 1.36 bits per heavy atom. The Kier molecular flexibility index (Phi) is 3.57. The summed E-state index contributed by atoms with van der Waals surface area (Å²) < 4.78 is 10.4. The third-order valence-corrected chi connectivity index (χ3v) is 2.83. The molecule has 0 radical (unpaired) electrons. The standard InChI is InChI=1S/C14H13N5O3/c1-2-21-12(20)8-7-16-13(18-11(8)15)19-14-17-9-5-3-4-6-10(9)22-14/h3-7H,2H2,1H3,(H3,15,16,17,18,19). The minimum Gasteiger partial charge on any atom is -0.462 e. The molecule has 0 unspecified atom stereocenters. The number of carbonyl (C=O) groups is 1. The predicted octanol–water partition coefficient (Wildman–Crippen LogP) is 2.12. The first kappa shape index (κ1) is 13.8. The first-order valence-corrected chi connectivity index (χ1v) is 6.59. The fourth-order valence-electron chi connectivity index (χ4n) is 1.84. The second-order valence-electron chi connectivity index (χ2n) is 4.32. The minimum atomic E-state index is -0.562. The Hall–Kier alpha value is -3.16. The number of benzene rings is 1. The van der Waals surface area contributed by atoms with Gasteiger partial charge in [0.2, 0.25) is 5.95 Å². The van der Waals surface area contributed by atoms with E-state index in [-0.39, 0.29) is 30.0 Å². The number of nitrogens with zero attached hydrogens (tertiary/aromatic N) is 3. The third-order valence-electron chi connectivity index (χ3n) is 2.83. The summed E-state index contributed by atoms with van der Waals surface area (Å²) in [6.45, 7) is 1.96. The lowest BCUT2D eigenvalue weighted by Gasteiger charge is -2.05. The van der Waals surface area contributed by atoms with E-state index in [1.54, 1.807) is 13.0 Å². The summed E-state index contributed by atoms with van der Waals surface area (Å²) in [5, 5.41) is 2.80. The molecule has 0 atom stereocenters. The van der Waals surface area contributed by atoms with Crippen LogP contribution < -0.4 is 11.1 Å². The summed E-state index contributed by atoms with van der Waals surface area (Å²) in [5.41, 5.74) is 7.20. The summed E-state index contributed by atoms with van der Waals surface area (Å²) >= 11 is 0. The van der Waals surface area contributed by atoms with Crippen LogP contribution in [-0.4, -0.2) is 27.5 Å². The van der Waals surface area contributed by atoms with Crippen molar-refractivity contribution in [2.24, 2.45) is 0 Å². The molecular formula is C14H13N5O3. The molecule has 0 bridgehead atoms. The highest BCUT2D eigenvalue weighted by atomic mass is 16.5. The number of hydrogen-bond acceptors (Lipinski definition) is 8. The molecule has 0 spiro atoms. The number of para-hydroxylation sites is 2. The van der Waals surface area contributed by atoms with Crippen LogP contribution in [0.5, 0.6) is 0 Å². The number of rotatable bonds is 4. The molecule has 3 rings (SSSR count). The van der Waals surface area contributed by atoms with Gasteiger partial charge in [0, 0.05) is 6.20 Å². The molecule has 2 aromatic heterocycles. The summed E-state index contributed by atoms with van der Waals surface area (Å²) in [5.74, 6) is -0.363. The number of nitrogens with one attached hydrogen (secondary N) is 1. The smallest absolute Gasteiger partial charge is 0.343 e. The molecule has 8 nitrogen and oxygen atoms in total. The van der Waals surface area contributed by atoms with Gasteiger partial charge in [0.1, 0.15) is 16.9 Å². The Bertz CT molecular complexity index is 797. The van der Waals surface area contributed by atoms with Gasteiger partial charge in [-0.25, -0.2) is 9.78 Å². The van der Waals surface area contributed by atoms with E-state index in [1.807, 2.05) is 18.2 Å². The van der Waals surface area contributed by atoms with Gasteiger partial charge in [0.25, 0.3) is 0 Å². The normalized spacial score (nSPS) is 10.6. The van der Waals surface area contributed by atoms with Crippen molar-refractivity contribution in [3.63, 3.8) is 0 Å². The molecular weight excluding hydrogens is 286 g/mol. The minimum absolute atomic E-state index is 0.0204. The van der Waals surface area contributed by atoms with E-state index in [2.05, 4.69) is 20.3 Å². The highest BCUT2D eigenvalue weighted by molar-refractivity contribution is 5.93. The summed E-state index contributed by atoms with van der Waals surface area (Å²) in [6, 6.07) is 7.57. The molecule has 2 heterocycles. The van der Waals surface area contributed by atoms with Gasteiger partial charge in [0.05, 0.1) is 6.61 Å².